The first-order valence-corrected chi connectivity index (χ1v) is 8.81. The summed E-state index contributed by atoms with van der Waals surface area (Å²) in [6.07, 6.45) is 2.30. The standard InChI is InChI=1S/C19H29N3O.ClH/c1-5-20-15-6-7-17-16(12-15)21-18(19(2,3)4)22(17)13-14-8-10-23-11-9-14;/h6-7,12,14,20H,5,8-11,13H2,1-4H3;1H. The number of rotatable bonds is 4. The summed E-state index contributed by atoms with van der Waals surface area (Å²) in [5.74, 6) is 1.88. The molecule has 134 valence electrons. The second kappa shape index (κ2) is 7.75. The van der Waals surface area contributed by atoms with Crippen LogP contribution in [0.25, 0.3) is 11.0 Å². The van der Waals surface area contributed by atoms with Crippen LogP contribution in [0.5, 0.6) is 0 Å². The molecule has 1 saturated heterocycles. The van der Waals surface area contributed by atoms with E-state index in [9.17, 15) is 0 Å². The van der Waals surface area contributed by atoms with Crippen molar-refractivity contribution in [3.05, 3.63) is 24.0 Å². The summed E-state index contributed by atoms with van der Waals surface area (Å²) < 4.78 is 7.96. The number of nitrogens with one attached hydrogen (secondary N) is 1. The van der Waals surface area contributed by atoms with Gasteiger partial charge in [0.2, 0.25) is 0 Å². The van der Waals surface area contributed by atoms with E-state index in [0.717, 1.165) is 50.3 Å². The van der Waals surface area contributed by atoms with E-state index in [1.54, 1.807) is 0 Å². The van der Waals surface area contributed by atoms with Gasteiger partial charge in [0.25, 0.3) is 0 Å². The summed E-state index contributed by atoms with van der Waals surface area (Å²) in [6.45, 7) is 12.6. The molecule has 2 heterocycles. The molecule has 0 saturated carbocycles. The second-order valence-electron chi connectivity index (χ2n) is 7.59. The van der Waals surface area contributed by atoms with E-state index in [-0.39, 0.29) is 17.8 Å². The number of nitrogens with zero attached hydrogens (tertiary/aromatic N) is 2. The molecule has 3 rings (SSSR count). The average molecular weight is 352 g/mol. The first kappa shape index (κ1) is 19.1. The first-order valence-electron chi connectivity index (χ1n) is 8.81. The minimum atomic E-state index is 0. The molecule has 0 unspecified atom stereocenters. The zero-order chi connectivity index (χ0) is 16.4. The van der Waals surface area contributed by atoms with E-state index >= 15 is 0 Å². The summed E-state index contributed by atoms with van der Waals surface area (Å²) >= 11 is 0. The predicted molar refractivity (Wildman–Crippen MR) is 103 cm³/mol. The number of ether oxygens (including phenoxy) is 1. The summed E-state index contributed by atoms with van der Waals surface area (Å²) in [5, 5.41) is 3.38. The quantitative estimate of drug-likeness (QED) is 0.873. The molecule has 0 atom stereocenters. The van der Waals surface area contributed by atoms with Gasteiger partial charge in [-0.15, -0.1) is 12.4 Å². The lowest BCUT2D eigenvalue weighted by atomic mass is 9.94. The van der Waals surface area contributed by atoms with Crippen LogP contribution in [0.3, 0.4) is 0 Å². The van der Waals surface area contributed by atoms with Gasteiger partial charge in [-0.3, -0.25) is 0 Å². The fraction of sp³-hybridized carbons (Fsp3) is 0.632. The molecule has 0 bridgehead atoms. The van der Waals surface area contributed by atoms with Crippen molar-refractivity contribution in [2.45, 2.75) is 52.5 Å². The highest BCUT2D eigenvalue weighted by Crippen LogP contribution is 2.30. The van der Waals surface area contributed by atoms with Crippen LogP contribution in [0.1, 0.15) is 46.4 Å². The highest BCUT2D eigenvalue weighted by molar-refractivity contribution is 5.85. The van der Waals surface area contributed by atoms with E-state index < -0.39 is 0 Å². The largest absolute Gasteiger partial charge is 0.385 e. The van der Waals surface area contributed by atoms with Gasteiger partial charge < -0.3 is 14.6 Å². The fourth-order valence-electron chi connectivity index (χ4n) is 3.39. The maximum absolute atomic E-state index is 5.51. The third kappa shape index (κ3) is 4.04. The molecule has 2 aromatic rings. The lowest BCUT2D eigenvalue weighted by molar-refractivity contribution is 0.0611. The highest BCUT2D eigenvalue weighted by Gasteiger charge is 2.25. The van der Waals surface area contributed by atoms with Crippen molar-refractivity contribution in [1.82, 2.24) is 9.55 Å². The monoisotopic (exact) mass is 351 g/mol. The first-order chi connectivity index (χ1) is 11.0. The zero-order valence-electron chi connectivity index (χ0n) is 15.3. The van der Waals surface area contributed by atoms with E-state index in [1.165, 1.54) is 11.3 Å². The summed E-state index contributed by atoms with van der Waals surface area (Å²) in [5.41, 5.74) is 3.54. The number of anilines is 1. The minimum absolute atomic E-state index is 0. The van der Waals surface area contributed by atoms with Gasteiger partial charge in [0.15, 0.2) is 0 Å². The van der Waals surface area contributed by atoms with Gasteiger partial charge in [-0.05, 0) is 43.9 Å². The lowest BCUT2D eigenvalue weighted by Gasteiger charge is -2.26. The van der Waals surface area contributed by atoms with E-state index in [1.807, 2.05) is 0 Å². The molecule has 1 aliphatic heterocycles. The Morgan fingerprint density at radius 1 is 1.25 bits per heavy atom. The van der Waals surface area contributed by atoms with Gasteiger partial charge in [0, 0.05) is 37.4 Å². The van der Waals surface area contributed by atoms with Crippen molar-refractivity contribution in [2.75, 3.05) is 25.1 Å². The van der Waals surface area contributed by atoms with Crippen molar-refractivity contribution in [3.63, 3.8) is 0 Å². The SMILES string of the molecule is CCNc1ccc2c(c1)nc(C(C)(C)C)n2CC1CCOCC1.Cl. The molecule has 1 aromatic heterocycles. The maximum atomic E-state index is 5.51. The normalized spacial score (nSPS) is 16.2. The van der Waals surface area contributed by atoms with E-state index in [4.69, 9.17) is 9.72 Å². The lowest BCUT2D eigenvalue weighted by Crippen LogP contribution is -2.25. The van der Waals surface area contributed by atoms with E-state index in [2.05, 4.69) is 55.8 Å². The third-order valence-corrected chi connectivity index (χ3v) is 4.58. The molecule has 1 N–H and O–H groups in total. The Bertz CT molecular complexity index is 669. The minimum Gasteiger partial charge on any atom is -0.385 e. The topological polar surface area (TPSA) is 39.1 Å². The Morgan fingerprint density at radius 3 is 2.58 bits per heavy atom. The second-order valence-corrected chi connectivity index (χ2v) is 7.59. The van der Waals surface area contributed by atoms with Gasteiger partial charge in [-0.2, -0.15) is 0 Å². The number of fused-ring (bicyclic) bond motifs is 1. The Hall–Kier alpha value is -1.26. The summed E-state index contributed by atoms with van der Waals surface area (Å²) in [6, 6.07) is 6.56. The van der Waals surface area contributed by atoms with Crippen LogP contribution in [0.4, 0.5) is 5.69 Å². The van der Waals surface area contributed by atoms with Crippen LogP contribution in [0.15, 0.2) is 18.2 Å². The average Bonchev–Trinajstić information content (AvgIpc) is 2.87. The molecule has 1 fully saturated rings. The molecule has 24 heavy (non-hydrogen) atoms. The predicted octanol–water partition coefficient (Wildman–Crippen LogP) is 4.61. The molecule has 1 aromatic carbocycles. The van der Waals surface area contributed by atoms with Crippen molar-refractivity contribution in [1.29, 1.82) is 0 Å². The number of halogens is 1. The molecular weight excluding hydrogens is 322 g/mol. The van der Waals surface area contributed by atoms with Crippen LogP contribution >= 0.6 is 12.4 Å². The van der Waals surface area contributed by atoms with Gasteiger partial charge in [0.05, 0.1) is 11.0 Å². The summed E-state index contributed by atoms with van der Waals surface area (Å²) in [7, 11) is 0. The summed E-state index contributed by atoms with van der Waals surface area (Å²) in [4.78, 5) is 4.98. The molecule has 1 aliphatic rings. The molecule has 0 aliphatic carbocycles. The van der Waals surface area contributed by atoms with Crippen molar-refractivity contribution in [3.8, 4) is 0 Å². The third-order valence-electron chi connectivity index (χ3n) is 4.58. The molecule has 0 amide bonds. The van der Waals surface area contributed by atoms with Crippen molar-refractivity contribution in [2.24, 2.45) is 5.92 Å². The van der Waals surface area contributed by atoms with Crippen molar-refractivity contribution < 1.29 is 4.74 Å². The molecular formula is C19H30ClN3O. The Balaban J connectivity index is 0.00000208. The van der Waals surface area contributed by atoms with Crippen LogP contribution in [0, 0.1) is 5.92 Å². The van der Waals surface area contributed by atoms with Gasteiger partial charge in [0.1, 0.15) is 5.82 Å². The van der Waals surface area contributed by atoms with Crippen LogP contribution in [-0.4, -0.2) is 29.3 Å². The number of hydrogen-bond donors (Lipinski definition) is 1. The van der Waals surface area contributed by atoms with Gasteiger partial charge in [-0.25, -0.2) is 4.98 Å². The van der Waals surface area contributed by atoms with Gasteiger partial charge in [-0.1, -0.05) is 20.8 Å². The number of hydrogen-bond acceptors (Lipinski definition) is 3. The van der Waals surface area contributed by atoms with E-state index in [0.29, 0.717) is 5.92 Å². The Labute approximate surface area is 151 Å². The van der Waals surface area contributed by atoms with Crippen LogP contribution in [-0.2, 0) is 16.7 Å². The molecule has 5 heteroatoms. The number of aromatic nitrogens is 2. The maximum Gasteiger partial charge on any atom is 0.115 e. The zero-order valence-corrected chi connectivity index (χ0v) is 16.1. The van der Waals surface area contributed by atoms with Crippen LogP contribution in [0.2, 0.25) is 0 Å². The highest BCUT2D eigenvalue weighted by atomic mass is 35.5. The molecule has 0 radical (unpaired) electrons. The molecule has 4 nitrogen and oxygen atoms in total. The molecule has 0 spiro atoms. The van der Waals surface area contributed by atoms with Crippen LogP contribution < -0.4 is 5.32 Å². The Morgan fingerprint density at radius 2 is 1.96 bits per heavy atom. The smallest absolute Gasteiger partial charge is 0.115 e. The van der Waals surface area contributed by atoms with Gasteiger partial charge >= 0.3 is 0 Å². The Kier molecular flexibility index (Phi) is 6.16. The number of benzene rings is 1. The fourth-order valence-corrected chi connectivity index (χ4v) is 3.39. The van der Waals surface area contributed by atoms with Crippen molar-refractivity contribution >= 4 is 29.1 Å². The number of imidazole rings is 1.